The van der Waals surface area contributed by atoms with E-state index in [2.05, 4.69) is 0 Å². The number of carboxylic acids is 1. The van der Waals surface area contributed by atoms with E-state index in [0.717, 1.165) is 4.31 Å². The lowest BCUT2D eigenvalue weighted by molar-refractivity contribution is -0.137. The van der Waals surface area contributed by atoms with Gasteiger partial charge in [-0.2, -0.15) is 4.31 Å². The highest BCUT2D eigenvalue weighted by molar-refractivity contribution is 7.89. The molecule has 122 valence electrons. The average Bonchev–Trinajstić information content (AvgIpc) is 2.43. The fourth-order valence-corrected chi connectivity index (χ4v) is 4.14. The molecule has 0 atom stereocenters. The van der Waals surface area contributed by atoms with Crippen LogP contribution in [0.15, 0.2) is 17.0 Å². The summed E-state index contributed by atoms with van der Waals surface area (Å²) in [6.45, 7) is 3.19. The summed E-state index contributed by atoms with van der Waals surface area (Å²) in [5.41, 5.74) is 0. The molecule has 1 heterocycles. The number of carboxylic acid groups (broad SMARTS) is 1. The lowest BCUT2D eigenvalue weighted by Crippen LogP contribution is -2.40. The molecule has 0 bridgehead atoms. The summed E-state index contributed by atoms with van der Waals surface area (Å²) in [4.78, 5) is 10.7. The van der Waals surface area contributed by atoms with Crippen molar-refractivity contribution in [3.8, 4) is 11.5 Å². The number of nitrogens with zero attached hydrogens (tertiary/aromatic N) is 1. The SMILES string of the molecule is CC(C)N(CC(=O)O)S(=O)(=O)c1cc2c(cc1Cl)OCCO2. The largest absolute Gasteiger partial charge is 0.486 e. The molecule has 0 radical (unpaired) electrons. The number of sulfonamides is 1. The summed E-state index contributed by atoms with van der Waals surface area (Å²) in [5, 5.41) is 8.88. The minimum atomic E-state index is -4.07. The van der Waals surface area contributed by atoms with Gasteiger partial charge in [0.25, 0.3) is 0 Å². The normalized spacial score (nSPS) is 14.4. The Labute approximate surface area is 133 Å². The van der Waals surface area contributed by atoms with Crippen LogP contribution in [0.4, 0.5) is 0 Å². The van der Waals surface area contributed by atoms with Gasteiger partial charge in [-0.1, -0.05) is 11.6 Å². The maximum atomic E-state index is 12.7. The molecule has 0 fully saturated rings. The van der Waals surface area contributed by atoms with Gasteiger partial charge in [0, 0.05) is 18.2 Å². The molecule has 0 amide bonds. The van der Waals surface area contributed by atoms with Crippen LogP contribution >= 0.6 is 11.6 Å². The van der Waals surface area contributed by atoms with Gasteiger partial charge in [0.1, 0.15) is 24.7 Å². The monoisotopic (exact) mass is 349 g/mol. The van der Waals surface area contributed by atoms with Crippen molar-refractivity contribution in [2.24, 2.45) is 0 Å². The van der Waals surface area contributed by atoms with Crippen LogP contribution < -0.4 is 9.47 Å². The van der Waals surface area contributed by atoms with Crippen molar-refractivity contribution in [1.29, 1.82) is 0 Å². The number of fused-ring (bicyclic) bond motifs is 1. The van der Waals surface area contributed by atoms with Crippen LogP contribution in [0.3, 0.4) is 0 Å². The van der Waals surface area contributed by atoms with E-state index in [4.69, 9.17) is 26.2 Å². The van der Waals surface area contributed by atoms with E-state index in [9.17, 15) is 13.2 Å². The van der Waals surface area contributed by atoms with Gasteiger partial charge >= 0.3 is 5.97 Å². The molecule has 0 saturated heterocycles. The molecular formula is C13H16ClNO6S. The Morgan fingerprint density at radius 2 is 1.86 bits per heavy atom. The fourth-order valence-electron chi connectivity index (χ4n) is 2.05. The molecule has 1 aromatic carbocycles. The Morgan fingerprint density at radius 1 is 1.32 bits per heavy atom. The molecule has 1 N–H and O–H groups in total. The lowest BCUT2D eigenvalue weighted by atomic mass is 10.3. The van der Waals surface area contributed by atoms with Crippen molar-refractivity contribution >= 4 is 27.6 Å². The molecule has 0 aliphatic carbocycles. The third-order valence-corrected chi connectivity index (χ3v) is 5.54. The van der Waals surface area contributed by atoms with Gasteiger partial charge in [-0.3, -0.25) is 4.79 Å². The molecule has 9 heteroatoms. The minimum absolute atomic E-state index is 0.0414. The standard InChI is InChI=1S/C13H16ClNO6S/c1-8(2)15(7-13(16)17)22(18,19)12-6-11-10(5-9(12)14)20-3-4-21-11/h5-6,8H,3-4,7H2,1-2H3,(H,16,17). The highest BCUT2D eigenvalue weighted by Gasteiger charge is 2.32. The number of carbonyl (C=O) groups is 1. The molecule has 0 saturated carbocycles. The van der Waals surface area contributed by atoms with Crippen LogP contribution in [-0.2, 0) is 14.8 Å². The zero-order valence-electron chi connectivity index (χ0n) is 12.1. The van der Waals surface area contributed by atoms with Crippen LogP contribution in [0.1, 0.15) is 13.8 Å². The van der Waals surface area contributed by atoms with E-state index in [1.165, 1.54) is 12.1 Å². The third kappa shape index (κ3) is 3.29. The molecule has 0 aromatic heterocycles. The van der Waals surface area contributed by atoms with Crippen molar-refractivity contribution in [2.75, 3.05) is 19.8 Å². The first-order valence-electron chi connectivity index (χ1n) is 6.56. The van der Waals surface area contributed by atoms with Gasteiger partial charge in [-0.25, -0.2) is 8.42 Å². The maximum Gasteiger partial charge on any atom is 0.318 e. The van der Waals surface area contributed by atoms with Gasteiger partial charge in [0.15, 0.2) is 11.5 Å². The fraction of sp³-hybridized carbons (Fsp3) is 0.462. The first-order valence-corrected chi connectivity index (χ1v) is 8.38. The summed E-state index contributed by atoms with van der Waals surface area (Å²) >= 11 is 6.04. The van der Waals surface area contributed by atoms with Crippen LogP contribution in [0.5, 0.6) is 11.5 Å². The Kier molecular flexibility index (Phi) is 4.84. The summed E-state index contributed by atoms with van der Waals surface area (Å²) in [6, 6.07) is 2.09. The summed E-state index contributed by atoms with van der Waals surface area (Å²) < 4.78 is 36.9. The second-order valence-corrected chi connectivity index (χ2v) is 7.23. The molecular weight excluding hydrogens is 334 g/mol. The van der Waals surface area contributed by atoms with Crippen molar-refractivity contribution < 1.29 is 27.8 Å². The summed E-state index contributed by atoms with van der Waals surface area (Å²) in [6.07, 6.45) is 0. The molecule has 1 aliphatic heterocycles. The van der Waals surface area contributed by atoms with Gasteiger partial charge in [0.05, 0.1) is 5.02 Å². The molecule has 1 aliphatic rings. The smallest absolute Gasteiger partial charge is 0.318 e. The first kappa shape index (κ1) is 16.9. The number of ether oxygens (including phenoxy) is 2. The second-order valence-electron chi connectivity index (χ2n) is 4.96. The predicted molar refractivity (Wildman–Crippen MR) is 79.1 cm³/mol. The lowest BCUT2D eigenvalue weighted by Gasteiger charge is -2.26. The van der Waals surface area contributed by atoms with Gasteiger partial charge in [-0.15, -0.1) is 0 Å². The van der Waals surface area contributed by atoms with Crippen LogP contribution in [0.25, 0.3) is 0 Å². The molecule has 7 nitrogen and oxygen atoms in total. The maximum absolute atomic E-state index is 12.7. The zero-order chi connectivity index (χ0) is 16.5. The van der Waals surface area contributed by atoms with E-state index in [1.807, 2.05) is 0 Å². The van der Waals surface area contributed by atoms with Crippen molar-refractivity contribution in [3.05, 3.63) is 17.2 Å². The van der Waals surface area contributed by atoms with Crippen molar-refractivity contribution in [2.45, 2.75) is 24.8 Å². The quantitative estimate of drug-likeness (QED) is 0.867. The van der Waals surface area contributed by atoms with E-state index < -0.39 is 28.6 Å². The number of halogens is 1. The Balaban J connectivity index is 2.50. The van der Waals surface area contributed by atoms with Crippen molar-refractivity contribution in [1.82, 2.24) is 4.31 Å². The minimum Gasteiger partial charge on any atom is -0.486 e. The number of aliphatic carboxylic acids is 1. The summed E-state index contributed by atoms with van der Waals surface area (Å²) in [7, 11) is -4.07. The molecule has 1 aromatic rings. The Hall–Kier alpha value is -1.51. The first-order chi connectivity index (χ1) is 10.2. The number of rotatable bonds is 5. The van der Waals surface area contributed by atoms with Crippen LogP contribution in [-0.4, -0.2) is 49.6 Å². The van der Waals surface area contributed by atoms with Gasteiger partial charge in [0.2, 0.25) is 10.0 Å². The Bertz CT molecular complexity index is 688. The van der Waals surface area contributed by atoms with Crippen LogP contribution in [0, 0.1) is 0 Å². The van der Waals surface area contributed by atoms with Gasteiger partial charge in [-0.05, 0) is 13.8 Å². The molecule has 0 spiro atoms. The molecule has 0 unspecified atom stereocenters. The van der Waals surface area contributed by atoms with E-state index in [1.54, 1.807) is 13.8 Å². The number of benzene rings is 1. The summed E-state index contributed by atoms with van der Waals surface area (Å²) in [5.74, 6) is -0.608. The second kappa shape index (κ2) is 6.31. The van der Waals surface area contributed by atoms with E-state index in [0.29, 0.717) is 19.0 Å². The van der Waals surface area contributed by atoms with E-state index >= 15 is 0 Å². The molecule has 22 heavy (non-hydrogen) atoms. The highest BCUT2D eigenvalue weighted by atomic mass is 35.5. The van der Waals surface area contributed by atoms with Gasteiger partial charge < -0.3 is 14.6 Å². The van der Waals surface area contributed by atoms with Crippen LogP contribution in [0.2, 0.25) is 5.02 Å². The Morgan fingerprint density at radius 3 is 2.36 bits per heavy atom. The average molecular weight is 350 g/mol. The third-order valence-electron chi connectivity index (χ3n) is 3.05. The number of hydrogen-bond acceptors (Lipinski definition) is 5. The van der Waals surface area contributed by atoms with Crippen molar-refractivity contribution in [3.63, 3.8) is 0 Å². The molecule has 2 rings (SSSR count). The van der Waals surface area contributed by atoms with E-state index in [-0.39, 0.29) is 15.7 Å². The zero-order valence-corrected chi connectivity index (χ0v) is 13.6. The topological polar surface area (TPSA) is 93.1 Å². The highest BCUT2D eigenvalue weighted by Crippen LogP contribution is 2.38. The predicted octanol–water partition coefficient (Wildman–Crippen LogP) is 1.59. The number of hydrogen-bond donors (Lipinski definition) is 1.